The van der Waals surface area contributed by atoms with Crippen molar-refractivity contribution in [3.05, 3.63) is 55.6 Å². The third kappa shape index (κ3) is 3.74. The number of aliphatic hydroxyl groups excluding tert-OH is 1. The summed E-state index contributed by atoms with van der Waals surface area (Å²) >= 11 is 14.9. The van der Waals surface area contributed by atoms with Gasteiger partial charge in [0.15, 0.2) is 0 Å². The van der Waals surface area contributed by atoms with Crippen molar-refractivity contribution in [2.24, 2.45) is 0 Å². The predicted octanol–water partition coefficient (Wildman–Crippen LogP) is 5.26. The number of ether oxygens (including phenoxy) is 1. The Labute approximate surface area is 148 Å². The van der Waals surface area contributed by atoms with E-state index < -0.39 is 22.9 Å². The fraction of sp³-hybridized carbons (Fsp3) is 0.214. The van der Waals surface area contributed by atoms with Crippen molar-refractivity contribution in [2.75, 3.05) is 7.11 Å². The molecule has 0 aliphatic heterocycles. The summed E-state index contributed by atoms with van der Waals surface area (Å²) in [5, 5.41) is 9.90. The van der Waals surface area contributed by atoms with Crippen LogP contribution in [0.5, 0.6) is 5.88 Å². The number of hydrogen-bond donors (Lipinski definition) is 1. The average Bonchev–Trinajstić information content (AvgIpc) is 2.46. The number of alkyl halides is 3. The number of methoxy groups -OCH3 is 1. The highest BCUT2D eigenvalue weighted by atomic mass is 79.9. The molecule has 1 heterocycles. The van der Waals surface area contributed by atoms with E-state index in [9.17, 15) is 18.3 Å². The molecule has 0 amide bonds. The van der Waals surface area contributed by atoms with E-state index in [0.29, 0.717) is 0 Å². The maximum atomic E-state index is 13.0. The van der Waals surface area contributed by atoms with Gasteiger partial charge < -0.3 is 9.84 Å². The summed E-state index contributed by atoms with van der Waals surface area (Å²) in [5.74, 6) is 0.155. The Morgan fingerprint density at radius 3 is 2.43 bits per heavy atom. The Bertz CT molecular complexity index is 741. The third-order valence-electron chi connectivity index (χ3n) is 3.02. The van der Waals surface area contributed by atoms with Crippen molar-refractivity contribution in [3.8, 4) is 5.88 Å². The van der Waals surface area contributed by atoms with Crippen LogP contribution in [0.25, 0.3) is 0 Å². The Morgan fingerprint density at radius 1 is 1.22 bits per heavy atom. The first-order valence-corrected chi connectivity index (χ1v) is 7.65. The van der Waals surface area contributed by atoms with E-state index in [-0.39, 0.29) is 26.6 Å². The lowest BCUT2D eigenvalue weighted by Crippen LogP contribution is -2.11. The summed E-state index contributed by atoms with van der Waals surface area (Å²) in [6.45, 7) is 0. The highest BCUT2D eigenvalue weighted by Crippen LogP contribution is 2.43. The number of benzene rings is 1. The predicted molar refractivity (Wildman–Crippen MR) is 84.0 cm³/mol. The van der Waals surface area contributed by atoms with E-state index in [1.165, 1.54) is 19.2 Å². The van der Waals surface area contributed by atoms with Crippen molar-refractivity contribution in [3.63, 3.8) is 0 Å². The highest BCUT2D eigenvalue weighted by molar-refractivity contribution is 9.10. The lowest BCUT2D eigenvalue weighted by atomic mass is 10.0. The minimum Gasteiger partial charge on any atom is -0.481 e. The van der Waals surface area contributed by atoms with Crippen LogP contribution in [0.3, 0.4) is 0 Å². The molecule has 0 aliphatic carbocycles. The Morgan fingerprint density at radius 2 is 1.87 bits per heavy atom. The van der Waals surface area contributed by atoms with Crippen molar-refractivity contribution in [2.45, 2.75) is 12.3 Å². The van der Waals surface area contributed by atoms with Gasteiger partial charge in [0.25, 0.3) is 0 Å². The van der Waals surface area contributed by atoms with Gasteiger partial charge in [-0.3, -0.25) is 0 Å². The van der Waals surface area contributed by atoms with Crippen LogP contribution in [0, 0.1) is 0 Å². The molecule has 1 N–H and O–H groups in total. The summed E-state index contributed by atoms with van der Waals surface area (Å²) in [6.07, 6.45) is -6.22. The number of aromatic nitrogens is 1. The summed E-state index contributed by atoms with van der Waals surface area (Å²) in [6, 6.07) is 4.85. The second-order valence-corrected chi connectivity index (χ2v) is 6.08. The molecule has 1 unspecified atom stereocenters. The number of aliphatic hydroxyl groups is 1. The summed E-state index contributed by atoms with van der Waals surface area (Å²) in [7, 11) is 1.36. The fourth-order valence-electron chi connectivity index (χ4n) is 1.92. The van der Waals surface area contributed by atoms with E-state index >= 15 is 0 Å². The summed E-state index contributed by atoms with van der Waals surface area (Å²) in [4.78, 5) is 3.98. The summed E-state index contributed by atoms with van der Waals surface area (Å²) < 4.78 is 44.1. The fourth-order valence-corrected chi connectivity index (χ4v) is 3.17. The van der Waals surface area contributed by atoms with Crippen molar-refractivity contribution in [1.29, 1.82) is 0 Å². The zero-order valence-electron chi connectivity index (χ0n) is 11.5. The van der Waals surface area contributed by atoms with E-state index in [1.54, 1.807) is 0 Å². The van der Waals surface area contributed by atoms with E-state index in [4.69, 9.17) is 27.9 Å². The maximum absolute atomic E-state index is 13.0. The molecule has 0 aliphatic rings. The molecule has 2 rings (SSSR count). The second kappa shape index (κ2) is 6.84. The van der Waals surface area contributed by atoms with Gasteiger partial charge in [-0.1, -0.05) is 39.1 Å². The first-order valence-electron chi connectivity index (χ1n) is 6.10. The first-order chi connectivity index (χ1) is 10.7. The molecule has 0 fully saturated rings. The van der Waals surface area contributed by atoms with Crippen LogP contribution in [0.1, 0.15) is 22.9 Å². The number of nitrogens with zero attached hydrogens (tertiary/aromatic N) is 1. The Hall–Kier alpha value is -1.02. The molecule has 0 radical (unpaired) electrons. The molecule has 124 valence electrons. The molecule has 2 aromatic rings. The van der Waals surface area contributed by atoms with Gasteiger partial charge in [0.05, 0.1) is 28.4 Å². The van der Waals surface area contributed by atoms with E-state index in [0.717, 1.165) is 12.1 Å². The van der Waals surface area contributed by atoms with Gasteiger partial charge in [-0.15, -0.1) is 0 Å². The maximum Gasteiger partial charge on any atom is 0.417 e. The van der Waals surface area contributed by atoms with Crippen LogP contribution in [-0.4, -0.2) is 17.2 Å². The van der Waals surface area contributed by atoms with Gasteiger partial charge in [-0.05, 0) is 18.2 Å². The quantitative estimate of drug-likeness (QED) is 0.722. The summed E-state index contributed by atoms with van der Waals surface area (Å²) in [5.41, 5.74) is -1.30. The monoisotopic (exact) mass is 429 g/mol. The largest absolute Gasteiger partial charge is 0.481 e. The number of halogens is 6. The van der Waals surface area contributed by atoms with Gasteiger partial charge in [0.1, 0.15) is 6.10 Å². The van der Waals surface area contributed by atoms with Crippen LogP contribution < -0.4 is 4.74 Å². The number of rotatable bonds is 3. The minimum absolute atomic E-state index is 0.0621. The molecule has 1 aromatic heterocycles. The van der Waals surface area contributed by atoms with Crippen LogP contribution in [0.15, 0.2) is 28.7 Å². The van der Waals surface area contributed by atoms with Crippen LogP contribution in [-0.2, 0) is 6.18 Å². The molecular formula is C14H9BrCl2F3NO2. The average molecular weight is 431 g/mol. The van der Waals surface area contributed by atoms with E-state index in [2.05, 4.69) is 20.9 Å². The van der Waals surface area contributed by atoms with Crippen molar-refractivity contribution < 1.29 is 23.0 Å². The smallest absolute Gasteiger partial charge is 0.417 e. The minimum atomic E-state index is -4.65. The molecule has 0 spiro atoms. The standard InChI is InChI=1S/C14H9BrCl2F3NO2/c1-23-9-5-4-8(16)12(21-9)13(22)10-7(15)3-2-6(11(10)17)14(18,19)20/h2-5,13,22H,1H3. The molecule has 0 saturated carbocycles. The molecule has 23 heavy (non-hydrogen) atoms. The molecule has 0 saturated heterocycles. The van der Waals surface area contributed by atoms with Gasteiger partial charge in [0, 0.05) is 16.1 Å². The Balaban J connectivity index is 2.62. The van der Waals surface area contributed by atoms with Gasteiger partial charge >= 0.3 is 6.18 Å². The first kappa shape index (κ1) is 18.3. The lowest BCUT2D eigenvalue weighted by Gasteiger charge is -2.19. The lowest BCUT2D eigenvalue weighted by molar-refractivity contribution is -0.137. The highest BCUT2D eigenvalue weighted by Gasteiger charge is 2.36. The zero-order chi connectivity index (χ0) is 17.4. The molecule has 0 bridgehead atoms. The molecule has 9 heteroatoms. The van der Waals surface area contributed by atoms with Crippen LogP contribution >= 0.6 is 39.1 Å². The molecule has 1 aromatic carbocycles. The van der Waals surface area contributed by atoms with Gasteiger partial charge in [-0.2, -0.15) is 13.2 Å². The van der Waals surface area contributed by atoms with Crippen LogP contribution in [0.4, 0.5) is 13.2 Å². The van der Waals surface area contributed by atoms with Gasteiger partial charge in [-0.25, -0.2) is 4.98 Å². The van der Waals surface area contributed by atoms with Crippen molar-refractivity contribution >= 4 is 39.1 Å². The SMILES string of the molecule is COc1ccc(Cl)c(C(O)c2c(Br)ccc(C(F)(F)F)c2Cl)n1. The topological polar surface area (TPSA) is 42.4 Å². The molecular weight excluding hydrogens is 422 g/mol. The third-order valence-corrected chi connectivity index (χ3v) is 4.44. The zero-order valence-corrected chi connectivity index (χ0v) is 14.6. The normalized spacial score (nSPS) is 13.0. The van der Waals surface area contributed by atoms with Crippen molar-refractivity contribution in [1.82, 2.24) is 4.98 Å². The Kier molecular flexibility index (Phi) is 5.45. The number of hydrogen-bond acceptors (Lipinski definition) is 3. The van der Waals surface area contributed by atoms with Gasteiger partial charge in [0.2, 0.25) is 5.88 Å². The van der Waals surface area contributed by atoms with Crippen LogP contribution in [0.2, 0.25) is 10.0 Å². The molecule has 3 nitrogen and oxygen atoms in total. The molecule has 1 atom stereocenters. The second-order valence-electron chi connectivity index (χ2n) is 4.44. The number of pyridine rings is 1. The van der Waals surface area contributed by atoms with E-state index in [1.807, 2.05) is 0 Å².